The van der Waals surface area contributed by atoms with Crippen LogP contribution in [-0.2, 0) is 4.79 Å². The Morgan fingerprint density at radius 1 is 1.21 bits per heavy atom. The fourth-order valence-electron chi connectivity index (χ4n) is 3.65. The molecule has 0 saturated heterocycles. The topological polar surface area (TPSA) is 81.1 Å². The number of benzene rings is 2. The zero-order chi connectivity index (χ0) is 19.7. The Hall–Kier alpha value is -3.42. The van der Waals surface area contributed by atoms with Gasteiger partial charge in [0.2, 0.25) is 11.9 Å². The van der Waals surface area contributed by atoms with Crippen LogP contribution >= 0.6 is 0 Å². The van der Waals surface area contributed by atoms with Crippen LogP contribution in [0.3, 0.4) is 0 Å². The van der Waals surface area contributed by atoms with Gasteiger partial charge in [0.1, 0.15) is 17.9 Å². The third kappa shape index (κ3) is 3.06. The molecule has 1 aliphatic heterocycles. The van der Waals surface area contributed by atoms with Crippen LogP contribution in [0.25, 0.3) is 0 Å². The molecule has 8 heteroatoms. The Morgan fingerprint density at radius 3 is 2.75 bits per heavy atom. The molecule has 1 aliphatic rings. The summed E-state index contributed by atoms with van der Waals surface area (Å²) in [4.78, 5) is 17.5. The molecule has 7 nitrogen and oxygen atoms in total. The number of fused-ring (bicyclic) bond motifs is 1. The largest absolute Gasteiger partial charge is 0.495 e. The van der Waals surface area contributed by atoms with Gasteiger partial charge in [-0.3, -0.25) is 4.79 Å². The van der Waals surface area contributed by atoms with E-state index in [0.29, 0.717) is 22.9 Å². The van der Waals surface area contributed by atoms with Crippen molar-refractivity contribution < 1.29 is 13.9 Å². The van der Waals surface area contributed by atoms with E-state index in [1.165, 1.54) is 12.4 Å². The molecular weight excluding hydrogens is 361 g/mol. The van der Waals surface area contributed by atoms with Crippen LogP contribution in [0.5, 0.6) is 5.75 Å². The Balaban J connectivity index is 1.75. The van der Waals surface area contributed by atoms with Crippen LogP contribution in [0.2, 0.25) is 0 Å². The number of aromatic nitrogens is 3. The predicted octanol–water partition coefficient (Wildman–Crippen LogP) is 3.08. The van der Waals surface area contributed by atoms with Gasteiger partial charge in [-0.25, -0.2) is 9.07 Å². The number of nitrogens with one attached hydrogen (secondary N) is 2. The number of halogens is 1. The van der Waals surface area contributed by atoms with Gasteiger partial charge in [-0.05, 0) is 25.1 Å². The lowest BCUT2D eigenvalue weighted by Crippen LogP contribution is -2.47. The highest BCUT2D eigenvalue weighted by Gasteiger charge is 2.42. The lowest BCUT2D eigenvalue weighted by atomic mass is 9.85. The maximum atomic E-state index is 14.7. The number of carbonyl (C=O) groups excluding carboxylic acids is 1. The second-order valence-corrected chi connectivity index (χ2v) is 6.64. The third-order valence-corrected chi connectivity index (χ3v) is 4.96. The molecule has 4 rings (SSSR count). The van der Waals surface area contributed by atoms with Crippen LogP contribution in [0, 0.1) is 11.7 Å². The first-order valence-electron chi connectivity index (χ1n) is 8.94. The second kappa shape index (κ2) is 7.30. The van der Waals surface area contributed by atoms with Crippen molar-refractivity contribution in [3.8, 4) is 5.75 Å². The summed E-state index contributed by atoms with van der Waals surface area (Å²) >= 11 is 0. The monoisotopic (exact) mass is 381 g/mol. The number of amides is 1. The average Bonchev–Trinajstić information content (AvgIpc) is 3.16. The first kappa shape index (κ1) is 18.0. The molecule has 28 heavy (non-hydrogen) atoms. The van der Waals surface area contributed by atoms with Crippen LogP contribution in [-0.4, -0.2) is 33.8 Å². The molecule has 0 spiro atoms. The summed E-state index contributed by atoms with van der Waals surface area (Å²) in [5.41, 5.74) is 0.946. The summed E-state index contributed by atoms with van der Waals surface area (Å²) in [5, 5.41) is 10.3. The molecule has 1 amide bonds. The van der Waals surface area contributed by atoms with E-state index in [9.17, 15) is 9.18 Å². The molecule has 1 aromatic heterocycles. The summed E-state index contributed by atoms with van der Waals surface area (Å²) < 4.78 is 21.5. The van der Waals surface area contributed by atoms with Crippen molar-refractivity contribution in [3.63, 3.8) is 0 Å². The number of carbonyl (C=O) groups is 1. The van der Waals surface area contributed by atoms with Crippen molar-refractivity contribution in [1.82, 2.24) is 14.8 Å². The van der Waals surface area contributed by atoms with Crippen LogP contribution in [0.1, 0.15) is 18.5 Å². The minimum absolute atomic E-state index is 0.265. The van der Waals surface area contributed by atoms with Crippen LogP contribution in [0.15, 0.2) is 54.9 Å². The second-order valence-electron chi connectivity index (χ2n) is 6.64. The van der Waals surface area contributed by atoms with Gasteiger partial charge in [0.25, 0.3) is 0 Å². The number of para-hydroxylation sites is 2. The summed E-state index contributed by atoms with van der Waals surface area (Å²) in [5.74, 6) is -0.230. The summed E-state index contributed by atoms with van der Waals surface area (Å²) in [6, 6.07) is 12.7. The summed E-state index contributed by atoms with van der Waals surface area (Å²) in [7, 11) is 1.54. The average molecular weight is 381 g/mol. The van der Waals surface area contributed by atoms with Gasteiger partial charge >= 0.3 is 0 Å². The molecule has 144 valence electrons. The number of ether oxygens (including phenoxy) is 1. The maximum absolute atomic E-state index is 14.7. The lowest BCUT2D eigenvalue weighted by Gasteiger charge is -2.37. The molecule has 2 aromatic carbocycles. The van der Waals surface area contributed by atoms with Crippen LogP contribution in [0.4, 0.5) is 16.0 Å². The van der Waals surface area contributed by atoms with E-state index in [0.717, 1.165) is 0 Å². The number of rotatable bonds is 4. The van der Waals surface area contributed by atoms with Crippen molar-refractivity contribution in [1.29, 1.82) is 0 Å². The van der Waals surface area contributed by atoms with Gasteiger partial charge in [-0.1, -0.05) is 30.3 Å². The van der Waals surface area contributed by atoms with Gasteiger partial charge < -0.3 is 15.4 Å². The summed E-state index contributed by atoms with van der Waals surface area (Å²) in [6.07, 6.45) is 1.39. The highest BCUT2D eigenvalue weighted by Crippen LogP contribution is 2.38. The molecule has 3 aromatic rings. The fourth-order valence-corrected chi connectivity index (χ4v) is 3.65. The number of hydrogen-bond acceptors (Lipinski definition) is 5. The number of hydrogen-bond donors (Lipinski definition) is 2. The minimum atomic E-state index is -0.635. The number of nitrogens with zero attached hydrogens (tertiary/aromatic N) is 3. The van der Waals surface area contributed by atoms with Crippen molar-refractivity contribution >= 4 is 17.5 Å². The van der Waals surface area contributed by atoms with Crippen LogP contribution < -0.4 is 15.4 Å². The van der Waals surface area contributed by atoms with Crippen molar-refractivity contribution in [2.75, 3.05) is 17.7 Å². The van der Waals surface area contributed by atoms with E-state index in [-0.39, 0.29) is 11.9 Å². The first-order chi connectivity index (χ1) is 13.6. The standard InChI is InChI=1S/C20H20FN5O2/c1-12-17(19(27)25-15-9-5-6-10-16(15)28-2)18(13-7-3-4-8-14(13)21)26-20(24-12)22-11-23-26/h3-12,17-18H,1-2H3,(H,25,27)(H,22,23,24)/t12-,17+,18+/m0/s1. The molecule has 0 saturated carbocycles. The zero-order valence-corrected chi connectivity index (χ0v) is 15.5. The molecule has 2 heterocycles. The zero-order valence-electron chi connectivity index (χ0n) is 15.5. The highest BCUT2D eigenvalue weighted by atomic mass is 19.1. The van der Waals surface area contributed by atoms with E-state index in [4.69, 9.17) is 4.74 Å². The SMILES string of the molecule is COc1ccccc1NC(=O)[C@@H]1[C@H](C)Nc2ncnn2[C@@H]1c1ccccc1F. The predicted molar refractivity (Wildman–Crippen MR) is 103 cm³/mol. The fraction of sp³-hybridized carbons (Fsp3) is 0.250. The Bertz CT molecular complexity index is 1010. The molecule has 0 fully saturated rings. The Kier molecular flexibility index (Phi) is 4.68. The molecule has 0 unspecified atom stereocenters. The van der Waals surface area contributed by atoms with E-state index in [1.807, 2.05) is 19.1 Å². The Morgan fingerprint density at radius 2 is 1.96 bits per heavy atom. The van der Waals surface area contributed by atoms with Gasteiger partial charge in [0, 0.05) is 11.6 Å². The number of methoxy groups -OCH3 is 1. The van der Waals surface area contributed by atoms with Gasteiger partial charge in [-0.15, -0.1) is 0 Å². The summed E-state index contributed by atoms with van der Waals surface area (Å²) in [6.45, 7) is 1.87. The molecule has 3 atom stereocenters. The molecular formula is C20H20FN5O2. The quantitative estimate of drug-likeness (QED) is 0.726. The number of anilines is 2. The Labute approximate surface area is 161 Å². The minimum Gasteiger partial charge on any atom is -0.495 e. The lowest BCUT2D eigenvalue weighted by molar-refractivity contribution is -0.121. The molecule has 2 N–H and O–H groups in total. The third-order valence-electron chi connectivity index (χ3n) is 4.96. The van der Waals surface area contributed by atoms with E-state index in [2.05, 4.69) is 20.7 Å². The normalized spacial score (nSPS) is 20.8. The van der Waals surface area contributed by atoms with E-state index < -0.39 is 17.8 Å². The molecule has 0 radical (unpaired) electrons. The van der Waals surface area contributed by atoms with Crippen molar-refractivity contribution in [3.05, 3.63) is 66.2 Å². The van der Waals surface area contributed by atoms with E-state index in [1.54, 1.807) is 42.1 Å². The van der Waals surface area contributed by atoms with Gasteiger partial charge in [-0.2, -0.15) is 10.1 Å². The van der Waals surface area contributed by atoms with Gasteiger partial charge in [0.15, 0.2) is 0 Å². The first-order valence-corrected chi connectivity index (χ1v) is 8.94. The van der Waals surface area contributed by atoms with Crippen molar-refractivity contribution in [2.45, 2.75) is 19.0 Å². The maximum Gasteiger partial charge on any atom is 0.232 e. The van der Waals surface area contributed by atoms with Gasteiger partial charge in [0.05, 0.1) is 24.8 Å². The highest BCUT2D eigenvalue weighted by molar-refractivity contribution is 5.95. The molecule has 0 bridgehead atoms. The molecule has 0 aliphatic carbocycles. The smallest absolute Gasteiger partial charge is 0.232 e. The van der Waals surface area contributed by atoms with E-state index >= 15 is 0 Å². The van der Waals surface area contributed by atoms with Crippen molar-refractivity contribution in [2.24, 2.45) is 5.92 Å².